The van der Waals surface area contributed by atoms with Crippen LogP contribution in [-0.4, -0.2) is 22.4 Å². The highest BCUT2D eigenvalue weighted by atomic mass is 32.2. The summed E-state index contributed by atoms with van der Waals surface area (Å²) in [4.78, 5) is 10.4. The largest absolute Gasteiger partial charge is 0.481 e. The van der Waals surface area contributed by atoms with Crippen LogP contribution < -0.4 is 5.73 Å². The Morgan fingerprint density at radius 3 is 2.54 bits per heavy atom. The number of halogens is 1. The smallest absolute Gasteiger partial charge is 0.303 e. The zero-order valence-corrected chi connectivity index (χ0v) is 8.73. The summed E-state index contributed by atoms with van der Waals surface area (Å²) in [6.45, 7) is 3.76. The summed E-state index contributed by atoms with van der Waals surface area (Å²) in [6.07, 6.45) is 0.497. The number of nitrogens with two attached hydrogens (primary N) is 1. The molecule has 0 saturated carbocycles. The van der Waals surface area contributed by atoms with E-state index in [4.69, 9.17) is 10.8 Å². The molecular formula is C8H16FNO2S. The summed E-state index contributed by atoms with van der Waals surface area (Å²) < 4.78 is 11.8. The lowest BCUT2D eigenvalue weighted by Gasteiger charge is -2.23. The molecule has 3 nitrogen and oxygen atoms in total. The molecule has 0 aromatic heterocycles. The van der Waals surface area contributed by atoms with Crippen molar-refractivity contribution in [3.8, 4) is 0 Å². The fourth-order valence-electron chi connectivity index (χ4n) is 1.21. The first-order valence-corrected chi connectivity index (χ1v) is 4.84. The number of rotatable bonds is 6. The van der Waals surface area contributed by atoms with Crippen molar-refractivity contribution in [2.45, 2.75) is 31.4 Å². The molecule has 0 aromatic rings. The van der Waals surface area contributed by atoms with E-state index >= 15 is 0 Å². The molecule has 5 heteroatoms. The molecule has 1 atom stereocenters. The normalized spacial score (nSPS) is 14.2. The van der Waals surface area contributed by atoms with Crippen molar-refractivity contribution < 1.29 is 13.8 Å². The van der Waals surface area contributed by atoms with Crippen LogP contribution in [0.2, 0.25) is 0 Å². The molecule has 0 rings (SSSR count). The van der Waals surface area contributed by atoms with E-state index in [1.165, 1.54) is 0 Å². The Kier molecular flexibility index (Phi) is 5.32. The van der Waals surface area contributed by atoms with Crippen molar-refractivity contribution in [3.63, 3.8) is 0 Å². The average Bonchev–Trinajstić information content (AvgIpc) is 2.02. The second-order valence-electron chi connectivity index (χ2n) is 3.74. The van der Waals surface area contributed by atoms with E-state index in [9.17, 15) is 8.68 Å². The molecular weight excluding hydrogens is 193 g/mol. The van der Waals surface area contributed by atoms with Gasteiger partial charge in [0.15, 0.2) is 0 Å². The van der Waals surface area contributed by atoms with Crippen LogP contribution in [0.1, 0.15) is 26.7 Å². The summed E-state index contributed by atoms with van der Waals surface area (Å²) in [5.74, 6) is -1.02. The number of hydrogen-bond acceptors (Lipinski definition) is 3. The Balaban J connectivity index is 4.04. The number of carbonyl (C=O) groups is 1. The quantitative estimate of drug-likeness (QED) is 0.700. The summed E-state index contributed by atoms with van der Waals surface area (Å²) in [5, 5.41) is 8.53. The van der Waals surface area contributed by atoms with Gasteiger partial charge in [-0.1, -0.05) is 0 Å². The maximum atomic E-state index is 12.3. The van der Waals surface area contributed by atoms with Crippen molar-refractivity contribution in [2.75, 3.05) is 6.54 Å². The average molecular weight is 209 g/mol. The molecule has 0 fully saturated rings. The third kappa shape index (κ3) is 5.87. The standard InChI is InChI=1S/C8H16FNO2S/c1-8(2,13-9)4-6(5-10)3-7(11)12/h6H,3-5,10H2,1-2H3,(H,11,12)/t6-/m1/s1. The minimum Gasteiger partial charge on any atom is -0.481 e. The van der Waals surface area contributed by atoms with Crippen LogP contribution in [0.5, 0.6) is 0 Å². The lowest BCUT2D eigenvalue weighted by Crippen LogP contribution is -2.26. The van der Waals surface area contributed by atoms with Gasteiger partial charge in [0.05, 0.1) is 12.1 Å². The van der Waals surface area contributed by atoms with Crippen molar-refractivity contribution in [3.05, 3.63) is 0 Å². The van der Waals surface area contributed by atoms with Gasteiger partial charge in [0.2, 0.25) is 0 Å². The van der Waals surface area contributed by atoms with Crippen LogP contribution >= 0.6 is 12.1 Å². The predicted molar refractivity (Wildman–Crippen MR) is 52.2 cm³/mol. The highest BCUT2D eigenvalue weighted by Crippen LogP contribution is 2.32. The van der Waals surface area contributed by atoms with E-state index in [1.54, 1.807) is 13.8 Å². The topological polar surface area (TPSA) is 63.3 Å². The Hall–Kier alpha value is -0.290. The first kappa shape index (κ1) is 12.7. The van der Waals surface area contributed by atoms with Gasteiger partial charge in [-0.25, -0.2) is 0 Å². The van der Waals surface area contributed by atoms with Crippen LogP contribution in [0.4, 0.5) is 3.89 Å². The molecule has 0 bridgehead atoms. The van der Waals surface area contributed by atoms with Crippen LogP contribution in [0.3, 0.4) is 0 Å². The maximum Gasteiger partial charge on any atom is 0.303 e. The van der Waals surface area contributed by atoms with E-state index in [2.05, 4.69) is 0 Å². The lowest BCUT2D eigenvalue weighted by atomic mass is 9.94. The summed E-state index contributed by atoms with van der Waals surface area (Å²) in [7, 11) is 0. The zero-order valence-electron chi connectivity index (χ0n) is 7.92. The molecule has 0 spiro atoms. The van der Waals surface area contributed by atoms with Crippen molar-refractivity contribution in [1.82, 2.24) is 0 Å². The predicted octanol–water partition coefficient (Wildman–Crippen LogP) is 1.82. The third-order valence-electron chi connectivity index (χ3n) is 1.79. The van der Waals surface area contributed by atoms with Gasteiger partial charge in [-0.3, -0.25) is 4.79 Å². The summed E-state index contributed by atoms with van der Waals surface area (Å²) in [5.41, 5.74) is 5.39. The van der Waals surface area contributed by atoms with Gasteiger partial charge >= 0.3 is 5.97 Å². The van der Waals surface area contributed by atoms with Crippen molar-refractivity contribution in [1.29, 1.82) is 0 Å². The molecule has 78 valence electrons. The number of carboxylic acid groups (broad SMARTS) is 1. The summed E-state index contributed by atoms with van der Waals surface area (Å²) >= 11 is 0.249. The van der Waals surface area contributed by atoms with Gasteiger partial charge in [-0.05, 0) is 32.7 Å². The summed E-state index contributed by atoms with van der Waals surface area (Å²) in [6, 6.07) is 0. The van der Waals surface area contributed by atoms with Gasteiger partial charge < -0.3 is 10.8 Å². The van der Waals surface area contributed by atoms with Gasteiger partial charge in [-0.2, -0.15) is 3.89 Å². The molecule has 0 aliphatic heterocycles. The van der Waals surface area contributed by atoms with Crippen molar-refractivity contribution in [2.24, 2.45) is 11.7 Å². The molecule has 3 N–H and O–H groups in total. The molecule has 0 aliphatic carbocycles. The molecule has 0 heterocycles. The van der Waals surface area contributed by atoms with E-state index in [0.717, 1.165) is 0 Å². The van der Waals surface area contributed by atoms with Crippen LogP contribution in [0.25, 0.3) is 0 Å². The van der Waals surface area contributed by atoms with E-state index < -0.39 is 10.7 Å². The Bertz CT molecular complexity index is 176. The highest BCUT2D eigenvalue weighted by Gasteiger charge is 2.25. The fourth-order valence-corrected chi connectivity index (χ4v) is 1.51. The second kappa shape index (κ2) is 5.44. The zero-order chi connectivity index (χ0) is 10.5. The Morgan fingerprint density at radius 2 is 2.23 bits per heavy atom. The van der Waals surface area contributed by atoms with Crippen molar-refractivity contribution >= 4 is 18.1 Å². The van der Waals surface area contributed by atoms with E-state index in [0.29, 0.717) is 6.42 Å². The number of aliphatic carboxylic acids is 1. The molecule has 0 amide bonds. The lowest BCUT2D eigenvalue weighted by molar-refractivity contribution is -0.138. The molecule has 0 aliphatic rings. The minimum absolute atomic E-state index is 0.0144. The van der Waals surface area contributed by atoms with Crippen LogP contribution in [-0.2, 0) is 4.79 Å². The van der Waals surface area contributed by atoms with Gasteiger partial charge in [0.25, 0.3) is 0 Å². The Morgan fingerprint density at radius 1 is 1.69 bits per heavy atom. The monoisotopic (exact) mass is 209 g/mol. The van der Waals surface area contributed by atoms with Gasteiger partial charge in [0.1, 0.15) is 0 Å². The molecule has 13 heavy (non-hydrogen) atoms. The van der Waals surface area contributed by atoms with Crippen LogP contribution in [0, 0.1) is 5.92 Å². The highest BCUT2D eigenvalue weighted by molar-refractivity contribution is 7.95. The number of hydrogen-bond donors (Lipinski definition) is 2. The fraction of sp³-hybridized carbons (Fsp3) is 0.875. The van der Waals surface area contributed by atoms with Gasteiger partial charge in [-0.15, -0.1) is 0 Å². The maximum absolute atomic E-state index is 12.3. The first-order valence-electron chi connectivity index (χ1n) is 4.13. The molecule has 0 aromatic carbocycles. The minimum atomic E-state index is -0.880. The van der Waals surface area contributed by atoms with E-state index in [1.807, 2.05) is 0 Å². The van der Waals surface area contributed by atoms with Gasteiger partial charge in [0, 0.05) is 11.2 Å². The number of carboxylic acids is 1. The SMILES string of the molecule is CC(C)(C[C@H](CN)CC(=O)O)SF. The third-order valence-corrected chi connectivity index (χ3v) is 2.37. The molecule has 0 radical (unpaired) electrons. The van der Waals surface area contributed by atoms with Crippen LogP contribution in [0.15, 0.2) is 0 Å². The molecule has 0 unspecified atom stereocenters. The van der Waals surface area contributed by atoms with E-state index in [-0.39, 0.29) is 31.0 Å². The Labute approximate surface area is 82.2 Å². The molecule has 0 saturated heterocycles. The second-order valence-corrected chi connectivity index (χ2v) is 5.00. The first-order chi connectivity index (χ1) is 5.91.